The lowest BCUT2D eigenvalue weighted by Gasteiger charge is -2.19. The average molecular weight is 257 g/mol. The molecule has 0 saturated heterocycles. The van der Waals surface area contributed by atoms with Crippen LogP contribution in [0.3, 0.4) is 0 Å². The van der Waals surface area contributed by atoms with Crippen molar-refractivity contribution in [3.63, 3.8) is 0 Å². The summed E-state index contributed by atoms with van der Waals surface area (Å²) in [6.45, 7) is 10.3. The van der Waals surface area contributed by atoms with Crippen molar-refractivity contribution in [1.29, 1.82) is 0 Å². The van der Waals surface area contributed by atoms with E-state index in [-0.39, 0.29) is 5.41 Å². The lowest BCUT2D eigenvalue weighted by atomic mass is 9.87. The molecule has 0 radical (unpaired) electrons. The molecule has 1 aromatic rings. The second-order valence-corrected chi connectivity index (χ2v) is 6.37. The van der Waals surface area contributed by atoms with Gasteiger partial charge in [0.1, 0.15) is 0 Å². The average Bonchev–Trinajstić information content (AvgIpc) is 2.31. The van der Waals surface area contributed by atoms with Gasteiger partial charge in [-0.1, -0.05) is 46.8 Å². The number of sulfonamides is 1. The van der Waals surface area contributed by atoms with Crippen LogP contribution in [0.15, 0.2) is 29.2 Å². The van der Waals surface area contributed by atoms with Crippen molar-refractivity contribution in [2.75, 3.05) is 7.05 Å². The van der Waals surface area contributed by atoms with Crippen molar-refractivity contribution < 1.29 is 8.42 Å². The van der Waals surface area contributed by atoms with Gasteiger partial charge in [-0.05, 0) is 30.2 Å². The molecule has 0 amide bonds. The maximum absolute atomic E-state index is 11.5. The Labute approximate surface area is 105 Å². The zero-order valence-corrected chi connectivity index (χ0v) is 12.4. The molecule has 0 fully saturated rings. The lowest BCUT2D eigenvalue weighted by Crippen LogP contribution is -2.19. The van der Waals surface area contributed by atoms with E-state index in [1.807, 2.05) is 26.0 Å². The number of hydrogen-bond acceptors (Lipinski definition) is 2. The summed E-state index contributed by atoms with van der Waals surface area (Å²) in [5, 5.41) is 0. The van der Waals surface area contributed by atoms with Crippen molar-refractivity contribution in [1.82, 2.24) is 4.72 Å². The fourth-order valence-corrected chi connectivity index (χ4v) is 1.98. The summed E-state index contributed by atoms with van der Waals surface area (Å²) in [6.07, 6.45) is 0. The summed E-state index contributed by atoms with van der Waals surface area (Å²) >= 11 is 0. The first kappa shape index (κ1) is 16.1. The zero-order valence-electron chi connectivity index (χ0n) is 11.5. The first-order valence-electron chi connectivity index (χ1n) is 5.81. The summed E-state index contributed by atoms with van der Waals surface area (Å²) in [5.41, 5.74) is 1.17. The van der Waals surface area contributed by atoms with Crippen LogP contribution in [-0.2, 0) is 15.4 Å². The van der Waals surface area contributed by atoms with Gasteiger partial charge in [-0.25, -0.2) is 13.1 Å². The Morgan fingerprint density at radius 3 is 1.71 bits per heavy atom. The highest BCUT2D eigenvalue weighted by Gasteiger charge is 2.15. The largest absolute Gasteiger partial charge is 0.240 e. The fourth-order valence-electron chi connectivity index (χ4n) is 1.25. The first-order chi connectivity index (χ1) is 7.77. The highest BCUT2D eigenvalue weighted by atomic mass is 32.2. The molecule has 1 aromatic carbocycles. The summed E-state index contributed by atoms with van der Waals surface area (Å²) in [5.74, 6) is 0. The highest BCUT2D eigenvalue weighted by molar-refractivity contribution is 7.89. The maximum Gasteiger partial charge on any atom is 0.240 e. The molecule has 0 aliphatic heterocycles. The third-order valence-corrected chi connectivity index (χ3v) is 3.73. The van der Waals surface area contributed by atoms with E-state index in [9.17, 15) is 8.42 Å². The Balaban J connectivity index is 0.00000121. The topological polar surface area (TPSA) is 46.2 Å². The standard InChI is InChI=1S/C11H17NO2S.C2H6/c1-11(2,3)9-5-7-10(8-6-9)15(13,14)12-4;1-2/h5-8,12H,1-4H3;1-2H3. The summed E-state index contributed by atoms with van der Waals surface area (Å²) in [6, 6.07) is 6.97. The minimum atomic E-state index is -3.31. The predicted molar refractivity (Wildman–Crippen MR) is 72.7 cm³/mol. The molecule has 1 N–H and O–H groups in total. The Morgan fingerprint density at radius 1 is 1.00 bits per heavy atom. The highest BCUT2D eigenvalue weighted by Crippen LogP contribution is 2.23. The molecule has 1 rings (SSSR count). The third-order valence-electron chi connectivity index (χ3n) is 2.30. The van der Waals surface area contributed by atoms with Gasteiger partial charge in [-0.15, -0.1) is 0 Å². The normalized spacial score (nSPS) is 11.6. The molecule has 3 nitrogen and oxygen atoms in total. The van der Waals surface area contributed by atoms with Crippen molar-refractivity contribution in [3.8, 4) is 0 Å². The predicted octanol–water partition coefficient (Wildman–Crippen LogP) is 2.92. The molecule has 0 spiro atoms. The van der Waals surface area contributed by atoms with E-state index in [2.05, 4.69) is 25.5 Å². The van der Waals surface area contributed by atoms with E-state index in [0.29, 0.717) is 4.90 Å². The molecule has 98 valence electrons. The molecule has 0 atom stereocenters. The van der Waals surface area contributed by atoms with Gasteiger partial charge in [-0.2, -0.15) is 0 Å². The van der Waals surface area contributed by atoms with E-state index in [0.717, 1.165) is 5.56 Å². The molecule has 0 aliphatic rings. The molecule has 0 saturated carbocycles. The summed E-state index contributed by atoms with van der Waals surface area (Å²) < 4.78 is 25.2. The Kier molecular flexibility index (Phi) is 5.85. The van der Waals surface area contributed by atoms with Crippen LogP contribution in [0.2, 0.25) is 0 Å². The van der Waals surface area contributed by atoms with Crippen molar-refractivity contribution in [2.45, 2.75) is 44.9 Å². The van der Waals surface area contributed by atoms with Gasteiger partial charge in [0.15, 0.2) is 0 Å². The van der Waals surface area contributed by atoms with Crippen molar-refractivity contribution in [2.24, 2.45) is 0 Å². The molecule has 4 heteroatoms. The first-order valence-corrected chi connectivity index (χ1v) is 7.30. The quantitative estimate of drug-likeness (QED) is 0.885. The van der Waals surface area contributed by atoms with Gasteiger partial charge in [0.05, 0.1) is 4.90 Å². The number of nitrogens with one attached hydrogen (secondary N) is 1. The van der Waals surface area contributed by atoms with Crippen LogP contribution in [0.5, 0.6) is 0 Å². The number of benzene rings is 1. The van der Waals surface area contributed by atoms with E-state index >= 15 is 0 Å². The van der Waals surface area contributed by atoms with Crippen LogP contribution < -0.4 is 4.72 Å². The fraction of sp³-hybridized carbons (Fsp3) is 0.538. The maximum atomic E-state index is 11.5. The molecule has 0 bridgehead atoms. The van der Waals surface area contributed by atoms with Crippen LogP contribution >= 0.6 is 0 Å². The molecular weight excluding hydrogens is 234 g/mol. The van der Waals surface area contributed by atoms with Crippen LogP contribution in [0.1, 0.15) is 40.2 Å². The SMILES string of the molecule is CC.CNS(=O)(=O)c1ccc(C(C)(C)C)cc1. The molecule has 0 unspecified atom stereocenters. The van der Waals surface area contributed by atoms with Gasteiger partial charge >= 0.3 is 0 Å². The number of rotatable bonds is 2. The van der Waals surface area contributed by atoms with Crippen LogP contribution in [0, 0.1) is 0 Å². The molecule has 0 heterocycles. The van der Waals surface area contributed by atoms with Crippen molar-refractivity contribution >= 4 is 10.0 Å². The van der Waals surface area contributed by atoms with E-state index < -0.39 is 10.0 Å². The zero-order chi connectivity index (χ0) is 13.7. The third kappa shape index (κ3) is 4.48. The van der Waals surface area contributed by atoms with E-state index in [4.69, 9.17) is 0 Å². The summed E-state index contributed by atoms with van der Waals surface area (Å²) in [4.78, 5) is 0.304. The molecular formula is C13H23NO2S. The Bertz CT molecular complexity index is 427. The number of hydrogen-bond donors (Lipinski definition) is 1. The molecule has 17 heavy (non-hydrogen) atoms. The minimum absolute atomic E-state index is 0.0436. The second kappa shape index (κ2) is 6.17. The Hall–Kier alpha value is -0.870. The van der Waals surface area contributed by atoms with Crippen LogP contribution in [0.4, 0.5) is 0 Å². The van der Waals surface area contributed by atoms with Crippen LogP contribution in [0.25, 0.3) is 0 Å². The smallest absolute Gasteiger partial charge is 0.214 e. The monoisotopic (exact) mass is 257 g/mol. The van der Waals surface area contributed by atoms with Gasteiger partial charge in [0, 0.05) is 0 Å². The molecule has 0 aromatic heterocycles. The van der Waals surface area contributed by atoms with Gasteiger partial charge in [-0.3, -0.25) is 0 Å². The van der Waals surface area contributed by atoms with Gasteiger partial charge < -0.3 is 0 Å². The molecule has 0 aliphatic carbocycles. The van der Waals surface area contributed by atoms with Gasteiger partial charge in [0.2, 0.25) is 10.0 Å². The van der Waals surface area contributed by atoms with Gasteiger partial charge in [0.25, 0.3) is 0 Å². The second-order valence-electron chi connectivity index (χ2n) is 4.48. The summed E-state index contributed by atoms with van der Waals surface area (Å²) in [7, 11) is -1.90. The lowest BCUT2D eigenvalue weighted by molar-refractivity contribution is 0.583. The Morgan fingerprint density at radius 2 is 1.41 bits per heavy atom. The van der Waals surface area contributed by atoms with Crippen molar-refractivity contribution in [3.05, 3.63) is 29.8 Å². The minimum Gasteiger partial charge on any atom is -0.214 e. The van der Waals surface area contributed by atoms with E-state index in [1.165, 1.54) is 7.05 Å². The van der Waals surface area contributed by atoms with E-state index in [1.54, 1.807) is 12.1 Å². The van der Waals surface area contributed by atoms with Crippen LogP contribution in [-0.4, -0.2) is 15.5 Å².